The van der Waals surface area contributed by atoms with Crippen LogP contribution >= 0.6 is 0 Å². The normalized spacial score (nSPS) is 14.6. The molecule has 1 aromatic carbocycles. The molecule has 1 saturated carbocycles. The Hall–Kier alpha value is -2.62. The van der Waals surface area contributed by atoms with Gasteiger partial charge in [-0.3, -0.25) is 4.79 Å². The fourth-order valence-corrected chi connectivity index (χ4v) is 2.31. The van der Waals surface area contributed by atoms with Crippen molar-refractivity contribution >= 4 is 5.91 Å². The van der Waals surface area contributed by atoms with Gasteiger partial charge in [-0.15, -0.1) is 0 Å². The number of hydrogen-bond donors (Lipinski definition) is 0. The van der Waals surface area contributed by atoms with Crippen LogP contribution in [0.15, 0.2) is 30.5 Å². The highest BCUT2D eigenvalue weighted by atomic mass is 19.4. The first-order valence-electron chi connectivity index (χ1n) is 6.62. The molecule has 4 nitrogen and oxygen atoms in total. The molecular weight excluding hydrogens is 295 g/mol. The number of nitriles is 1. The van der Waals surface area contributed by atoms with Gasteiger partial charge in [0.25, 0.3) is 5.91 Å². The molecule has 0 spiro atoms. The van der Waals surface area contributed by atoms with Crippen LogP contribution in [0.1, 0.15) is 45.9 Å². The van der Waals surface area contributed by atoms with E-state index in [0.29, 0.717) is 11.3 Å². The highest BCUT2D eigenvalue weighted by Gasteiger charge is 2.34. The molecule has 7 heteroatoms. The van der Waals surface area contributed by atoms with Crippen molar-refractivity contribution in [3.05, 3.63) is 52.8 Å². The van der Waals surface area contributed by atoms with E-state index in [1.165, 1.54) is 18.3 Å². The summed E-state index contributed by atoms with van der Waals surface area (Å²) in [6.45, 7) is 0. The van der Waals surface area contributed by atoms with Crippen LogP contribution in [0.25, 0.3) is 0 Å². The Morgan fingerprint density at radius 1 is 1.36 bits per heavy atom. The fraction of sp³-hybridized carbons (Fsp3) is 0.267. The fourth-order valence-electron chi connectivity index (χ4n) is 2.31. The number of alkyl halides is 3. The van der Waals surface area contributed by atoms with E-state index in [-0.39, 0.29) is 11.5 Å². The monoisotopic (exact) mass is 305 g/mol. The summed E-state index contributed by atoms with van der Waals surface area (Å²) in [5.41, 5.74) is -0.212. The van der Waals surface area contributed by atoms with Crippen LogP contribution in [0.5, 0.6) is 0 Å². The number of rotatable bonds is 2. The van der Waals surface area contributed by atoms with Gasteiger partial charge in [0.1, 0.15) is 6.07 Å². The van der Waals surface area contributed by atoms with Gasteiger partial charge in [0.2, 0.25) is 0 Å². The van der Waals surface area contributed by atoms with Gasteiger partial charge >= 0.3 is 6.18 Å². The van der Waals surface area contributed by atoms with Gasteiger partial charge in [0.15, 0.2) is 0 Å². The molecule has 0 saturated heterocycles. The predicted octanol–water partition coefficient (Wildman–Crippen LogP) is 3.34. The topological polar surface area (TPSA) is 58.7 Å². The molecule has 0 aliphatic heterocycles. The maximum Gasteiger partial charge on any atom is 0.416 e. The molecule has 0 radical (unpaired) electrons. The summed E-state index contributed by atoms with van der Waals surface area (Å²) >= 11 is 0. The summed E-state index contributed by atoms with van der Waals surface area (Å²) in [4.78, 5) is 12.4. The second-order valence-electron chi connectivity index (χ2n) is 5.13. The molecule has 22 heavy (non-hydrogen) atoms. The Labute approximate surface area is 123 Å². The van der Waals surface area contributed by atoms with E-state index in [1.54, 1.807) is 0 Å². The van der Waals surface area contributed by atoms with Crippen LogP contribution in [0, 0.1) is 11.3 Å². The smallest absolute Gasteiger partial charge is 0.267 e. The first kappa shape index (κ1) is 14.3. The molecule has 0 N–H and O–H groups in total. The van der Waals surface area contributed by atoms with Crippen LogP contribution in [0.2, 0.25) is 0 Å². The Balaban J connectivity index is 2.02. The molecule has 0 atom stereocenters. The van der Waals surface area contributed by atoms with Crippen molar-refractivity contribution in [3.8, 4) is 6.07 Å². The first-order valence-corrected chi connectivity index (χ1v) is 6.62. The summed E-state index contributed by atoms with van der Waals surface area (Å²) in [5.74, 6) is -0.582. The Morgan fingerprint density at radius 3 is 2.68 bits per heavy atom. The second kappa shape index (κ2) is 4.98. The van der Waals surface area contributed by atoms with Crippen LogP contribution in [-0.2, 0) is 6.18 Å². The number of carbonyl (C=O) groups excluding carboxylic acids is 1. The molecule has 2 aromatic rings. The van der Waals surface area contributed by atoms with Crippen molar-refractivity contribution in [1.29, 1.82) is 5.26 Å². The number of aromatic nitrogens is 2. The van der Waals surface area contributed by atoms with Crippen molar-refractivity contribution in [2.45, 2.75) is 24.9 Å². The Kier molecular flexibility index (Phi) is 3.24. The molecule has 0 amide bonds. The molecule has 112 valence electrons. The molecule has 1 aromatic heterocycles. The lowest BCUT2D eigenvalue weighted by molar-refractivity contribution is -0.137. The minimum Gasteiger partial charge on any atom is -0.267 e. The maximum absolute atomic E-state index is 12.7. The van der Waals surface area contributed by atoms with Gasteiger partial charge in [0, 0.05) is 11.5 Å². The van der Waals surface area contributed by atoms with E-state index in [0.717, 1.165) is 29.7 Å². The zero-order valence-electron chi connectivity index (χ0n) is 11.3. The lowest BCUT2D eigenvalue weighted by Crippen LogP contribution is -2.17. The Morgan fingerprint density at radius 2 is 2.09 bits per heavy atom. The number of hydrogen-bond acceptors (Lipinski definition) is 3. The van der Waals surface area contributed by atoms with E-state index in [1.807, 2.05) is 6.07 Å². The molecule has 0 bridgehead atoms. The summed E-state index contributed by atoms with van der Waals surface area (Å²) in [5, 5.41) is 12.9. The van der Waals surface area contributed by atoms with Crippen LogP contribution in [-0.4, -0.2) is 15.7 Å². The summed E-state index contributed by atoms with van der Waals surface area (Å²) in [6.07, 6.45) is -1.55. The van der Waals surface area contributed by atoms with Gasteiger partial charge in [-0.25, -0.2) is 0 Å². The lowest BCUT2D eigenvalue weighted by atomic mass is 10.1. The van der Waals surface area contributed by atoms with Gasteiger partial charge in [-0.1, -0.05) is 6.07 Å². The average Bonchev–Trinajstić information content (AvgIpc) is 3.24. The summed E-state index contributed by atoms with van der Waals surface area (Å²) in [6, 6.07) is 6.16. The van der Waals surface area contributed by atoms with Gasteiger partial charge < -0.3 is 0 Å². The highest BCUT2D eigenvalue weighted by molar-refractivity contribution is 5.96. The van der Waals surface area contributed by atoms with Crippen molar-refractivity contribution in [3.63, 3.8) is 0 Å². The second-order valence-corrected chi connectivity index (χ2v) is 5.13. The molecule has 1 heterocycles. The van der Waals surface area contributed by atoms with E-state index in [4.69, 9.17) is 5.26 Å². The average molecular weight is 305 g/mol. The number of nitrogens with zero attached hydrogens (tertiary/aromatic N) is 3. The van der Waals surface area contributed by atoms with E-state index < -0.39 is 17.6 Å². The molecule has 3 rings (SSSR count). The van der Waals surface area contributed by atoms with Crippen LogP contribution < -0.4 is 0 Å². The number of carbonyl (C=O) groups is 1. The predicted molar refractivity (Wildman–Crippen MR) is 70.1 cm³/mol. The zero-order chi connectivity index (χ0) is 15.9. The van der Waals surface area contributed by atoms with Crippen LogP contribution in [0.3, 0.4) is 0 Å². The van der Waals surface area contributed by atoms with Crippen molar-refractivity contribution in [2.24, 2.45) is 0 Å². The minimum atomic E-state index is -4.52. The molecular formula is C15H10F3N3O. The highest BCUT2D eigenvalue weighted by Crippen LogP contribution is 2.41. The summed E-state index contributed by atoms with van der Waals surface area (Å²) in [7, 11) is 0. The standard InChI is InChI=1S/C15H10F3N3O/c16-15(17,18)12-3-1-2-10(6-12)14(22)21-13(9-4-5-9)11(7-19)8-20-21/h1-3,6,8-9H,4-5H2. The zero-order valence-corrected chi connectivity index (χ0v) is 11.3. The van der Waals surface area contributed by atoms with Crippen molar-refractivity contribution in [2.75, 3.05) is 0 Å². The number of halogens is 3. The maximum atomic E-state index is 12.7. The third-order valence-corrected chi connectivity index (χ3v) is 3.52. The van der Waals surface area contributed by atoms with Gasteiger partial charge in [-0.05, 0) is 31.0 Å². The summed E-state index contributed by atoms with van der Waals surface area (Å²) < 4.78 is 39.2. The largest absolute Gasteiger partial charge is 0.416 e. The lowest BCUT2D eigenvalue weighted by Gasteiger charge is -2.09. The molecule has 1 aliphatic carbocycles. The van der Waals surface area contributed by atoms with E-state index in [2.05, 4.69) is 5.10 Å². The molecule has 1 fully saturated rings. The minimum absolute atomic E-state index is 0.0758. The van der Waals surface area contributed by atoms with Crippen LogP contribution in [0.4, 0.5) is 13.2 Å². The third kappa shape index (κ3) is 2.48. The van der Waals surface area contributed by atoms with Gasteiger partial charge in [-0.2, -0.15) is 28.2 Å². The van der Waals surface area contributed by atoms with Crippen molar-refractivity contribution < 1.29 is 18.0 Å². The van der Waals surface area contributed by atoms with E-state index in [9.17, 15) is 18.0 Å². The Bertz CT molecular complexity index is 782. The first-order chi connectivity index (χ1) is 10.4. The SMILES string of the molecule is N#Cc1cnn(C(=O)c2cccc(C(F)(F)F)c2)c1C1CC1. The molecule has 0 unspecified atom stereocenters. The van der Waals surface area contributed by atoms with Crippen molar-refractivity contribution in [1.82, 2.24) is 9.78 Å². The number of benzene rings is 1. The van der Waals surface area contributed by atoms with Gasteiger partial charge in [0.05, 0.1) is 23.0 Å². The quantitative estimate of drug-likeness (QED) is 0.855. The third-order valence-electron chi connectivity index (χ3n) is 3.52. The van der Waals surface area contributed by atoms with E-state index >= 15 is 0 Å². The molecule has 1 aliphatic rings.